The number of aliphatic hydroxyl groups is 1. The molecular weight excluding hydrogens is 483 g/mol. The van der Waals surface area contributed by atoms with Crippen molar-refractivity contribution in [2.75, 3.05) is 6.61 Å². The Balaban J connectivity index is 1.34. The van der Waals surface area contributed by atoms with E-state index in [-0.39, 0.29) is 18.8 Å². The van der Waals surface area contributed by atoms with Crippen LogP contribution in [0.15, 0.2) is 28.8 Å². The summed E-state index contributed by atoms with van der Waals surface area (Å²) in [6, 6.07) is 5.55. The first kappa shape index (κ1) is 23.7. The minimum atomic E-state index is -2.84. The van der Waals surface area contributed by atoms with Crippen LogP contribution in [-0.4, -0.2) is 45.9 Å². The van der Waals surface area contributed by atoms with Gasteiger partial charge in [-0.05, 0) is 44.2 Å². The van der Waals surface area contributed by atoms with Crippen LogP contribution in [0.2, 0.25) is 10.0 Å². The Bertz CT molecular complexity index is 1060. The van der Waals surface area contributed by atoms with Crippen molar-refractivity contribution in [1.29, 1.82) is 0 Å². The Labute approximate surface area is 197 Å². The molecule has 3 aliphatic carbocycles. The minimum absolute atomic E-state index is 0.197. The van der Waals surface area contributed by atoms with Gasteiger partial charge in [0.05, 0.1) is 21.7 Å². The molecule has 0 spiro atoms. The fraction of sp³-hybridized carbons (Fsp3) is 0.476. The van der Waals surface area contributed by atoms with Crippen molar-refractivity contribution in [3.05, 3.63) is 45.8 Å². The third kappa shape index (κ3) is 4.92. The van der Waals surface area contributed by atoms with Crippen molar-refractivity contribution in [3.63, 3.8) is 0 Å². The van der Waals surface area contributed by atoms with E-state index in [0.29, 0.717) is 41.5 Å². The smallest absolute Gasteiger partial charge is 0.290 e. The van der Waals surface area contributed by atoms with E-state index in [1.807, 2.05) is 0 Å². The Morgan fingerprint density at radius 2 is 1.91 bits per heavy atom. The Hall–Kier alpha value is -2.43. The summed E-state index contributed by atoms with van der Waals surface area (Å²) in [7, 11) is 0. The van der Waals surface area contributed by atoms with Crippen LogP contribution in [0, 0.1) is 0 Å². The number of hydrogen-bond donors (Lipinski definition) is 3. The lowest BCUT2D eigenvalue weighted by atomic mass is 9.60. The number of carbonyl (C=O) groups is 2. The molecule has 0 saturated heterocycles. The fourth-order valence-corrected chi connectivity index (χ4v) is 4.78. The third-order valence-corrected chi connectivity index (χ3v) is 7.06. The number of ether oxygens (including phenoxy) is 1. The minimum Gasteiger partial charge on any atom is -0.484 e. The van der Waals surface area contributed by atoms with Gasteiger partial charge in [0.15, 0.2) is 12.3 Å². The van der Waals surface area contributed by atoms with Gasteiger partial charge in [-0.15, -0.1) is 0 Å². The van der Waals surface area contributed by atoms with Crippen LogP contribution in [-0.2, 0) is 4.79 Å². The first-order valence-corrected chi connectivity index (χ1v) is 11.0. The van der Waals surface area contributed by atoms with Gasteiger partial charge >= 0.3 is 0 Å². The predicted octanol–water partition coefficient (Wildman–Crippen LogP) is 3.66. The fourth-order valence-electron chi connectivity index (χ4n) is 4.49. The number of halogens is 4. The van der Waals surface area contributed by atoms with E-state index in [1.165, 1.54) is 6.07 Å². The quantitative estimate of drug-likeness (QED) is 0.531. The van der Waals surface area contributed by atoms with Crippen LogP contribution in [0.1, 0.15) is 54.8 Å². The molecule has 3 N–H and O–H groups in total. The monoisotopic (exact) mass is 503 g/mol. The van der Waals surface area contributed by atoms with E-state index in [1.54, 1.807) is 12.1 Å². The Kier molecular flexibility index (Phi) is 6.52. The maximum Gasteiger partial charge on any atom is 0.290 e. The van der Waals surface area contributed by atoms with Crippen molar-refractivity contribution >= 4 is 35.0 Å². The second kappa shape index (κ2) is 9.08. The number of nitrogens with one attached hydrogen (secondary N) is 2. The molecule has 3 aliphatic rings. The van der Waals surface area contributed by atoms with Gasteiger partial charge in [-0.2, -0.15) is 0 Å². The molecule has 3 fully saturated rings. The van der Waals surface area contributed by atoms with Crippen LogP contribution < -0.4 is 15.4 Å². The van der Waals surface area contributed by atoms with Gasteiger partial charge in [-0.25, -0.2) is 8.78 Å². The van der Waals surface area contributed by atoms with Crippen molar-refractivity contribution in [1.82, 2.24) is 15.8 Å². The Morgan fingerprint density at radius 3 is 2.52 bits per heavy atom. The van der Waals surface area contributed by atoms with Crippen molar-refractivity contribution in [2.24, 2.45) is 0 Å². The van der Waals surface area contributed by atoms with E-state index < -0.39 is 41.1 Å². The number of benzene rings is 1. The summed E-state index contributed by atoms with van der Waals surface area (Å²) in [5, 5.41) is 20.4. The highest BCUT2D eigenvalue weighted by Gasteiger charge is 2.55. The van der Waals surface area contributed by atoms with Crippen LogP contribution in [0.4, 0.5) is 8.78 Å². The van der Waals surface area contributed by atoms with E-state index in [4.69, 9.17) is 32.5 Å². The number of alkyl halides is 2. The zero-order chi connectivity index (χ0) is 23.8. The zero-order valence-corrected chi connectivity index (χ0v) is 18.8. The molecule has 1 heterocycles. The summed E-state index contributed by atoms with van der Waals surface area (Å²) in [4.78, 5) is 25.0. The van der Waals surface area contributed by atoms with E-state index >= 15 is 0 Å². The molecule has 178 valence electrons. The van der Waals surface area contributed by atoms with E-state index in [2.05, 4.69) is 15.8 Å². The summed E-state index contributed by atoms with van der Waals surface area (Å²) >= 11 is 11.8. The SMILES string of the molecule is O=C(COc1ccc(Cl)c(Cl)c1)NC12CCC(NC(=O)c3cc(C(F)F)no3)(CC1)C[C@@H]2O. The van der Waals surface area contributed by atoms with Gasteiger partial charge in [-0.3, -0.25) is 9.59 Å². The number of fused-ring (bicyclic) bond motifs is 3. The molecule has 8 nitrogen and oxygen atoms in total. The molecule has 12 heteroatoms. The molecule has 0 aliphatic heterocycles. The van der Waals surface area contributed by atoms with Crippen LogP contribution in [0.5, 0.6) is 5.75 Å². The summed E-state index contributed by atoms with van der Waals surface area (Å²) in [5.41, 5.74) is -2.17. The maximum absolute atomic E-state index is 12.7. The lowest BCUT2D eigenvalue weighted by Gasteiger charge is -2.56. The zero-order valence-electron chi connectivity index (χ0n) is 17.2. The molecule has 0 radical (unpaired) electrons. The van der Waals surface area contributed by atoms with Gasteiger partial charge in [0.25, 0.3) is 18.2 Å². The number of amides is 2. The highest BCUT2D eigenvalue weighted by molar-refractivity contribution is 6.42. The van der Waals surface area contributed by atoms with Crippen LogP contribution in [0.25, 0.3) is 0 Å². The number of aliphatic hydroxyl groups excluding tert-OH is 1. The molecule has 1 atom stereocenters. The van der Waals surface area contributed by atoms with Crippen LogP contribution in [0.3, 0.4) is 0 Å². The van der Waals surface area contributed by atoms with Crippen molar-refractivity contribution < 1.29 is 32.7 Å². The van der Waals surface area contributed by atoms with Gasteiger partial charge in [0.1, 0.15) is 5.75 Å². The number of hydrogen-bond acceptors (Lipinski definition) is 6. The first-order chi connectivity index (χ1) is 15.6. The standard InChI is InChI=1S/C21H21Cl2F2N3O5/c22-12-2-1-11(7-13(12)23)32-10-17(30)26-21-5-3-20(4-6-21,9-16(21)29)27-19(31)15-8-14(18(24)25)28-33-15/h1-2,7-8,16,18,29H,3-6,9-10H2,(H,26,30)(H,27,31)/t16-,20?,21?/m0/s1. The highest BCUT2D eigenvalue weighted by atomic mass is 35.5. The van der Waals surface area contributed by atoms with Crippen LogP contribution >= 0.6 is 23.2 Å². The maximum atomic E-state index is 12.7. The lowest BCUT2D eigenvalue weighted by Crippen LogP contribution is -2.70. The molecule has 1 aromatic carbocycles. The van der Waals surface area contributed by atoms with Crippen molar-refractivity contribution in [2.45, 2.75) is 55.7 Å². The Morgan fingerprint density at radius 1 is 1.18 bits per heavy atom. The molecule has 1 aromatic heterocycles. The average molecular weight is 504 g/mol. The molecule has 2 bridgehead atoms. The first-order valence-electron chi connectivity index (χ1n) is 10.3. The van der Waals surface area contributed by atoms with Gasteiger partial charge in [0, 0.05) is 17.7 Å². The number of nitrogens with zero attached hydrogens (tertiary/aromatic N) is 1. The van der Waals surface area contributed by atoms with E-state index in [0.717, 1.165) is 6.07 Å². The van der Waals surface area contributed by atoms with Crippen molar-refractivity contribution in [3.8, 4) is 5.75 Å². The highest BCUT2D eigenvalue weighted by Crippen LogP contribution is 2.47. The molecule has 2 aromatic rings. The summed E-state index contributed by atoms with van der Waals surface area (Å²) in [6.07, 6.45) is -1.75. The second-order valence-electron chi connectivity index (χ2n) is 8.44. The number of rotatable bonds is 7. The molecule has 0 unspecified atom stereocenters. The molecule has 5 rings (SSSR count). The summed E-state index contributed by atoms with van der Waals surface area (Å²) in [6.45, 7) is -0.272. The molecule has 3 saturated carbocycles. The topological polar surface area (TPSA) is 114 Å². The average Bonchev–Trinajstić information content (AvgIpc) is 3.27. The number of carbonyl (C=O) groups excluding carboxylic acids is 2. The molecule has 2 amide bonds. The lowest BCUT2D eigenvalue weighted by molar-refractivity contribution is -0.132. The second-order valence-corrected chi connectivity index (χ2v) is 9.25. The van der Waals surface area contributed by atoms with Gasteiger partial charge < -0.3 is 25.0 Å². The van der Waals surface area contributed by atoms with Gasteiger partial charge in [0.2, 0.25) is 5.76 Å². The van der Waals surface area contributed by atoms with E-state index in [9.17, 15) is 23.5 Å². The summed E-state index contributed by atoms with van der Waals surface area (Å²) in [5.74, 6) is -1.01. The molecule has 33 heavy (non-hydrogen) atoms. The number of aromatic nitrogens is 1. The summed E-state index contributed by atoms with van der Waals surface area (Å²) < 4.78 is 35.6. The third-order valence-electron chi connectivity index (χ3n) is 6.33. The van der Waals surface area contributed by atoms with Gasteiger partial charge in [-0.1, -0.05) is 28.4 Å². The predicted molar refractivity (Wildman–Crippen MR) is 114 cm³/mol. The largest absolute Gasteiger partial charge is 0.484 e. The normalized spacial score (nSPS) is 26.3. The molecular formula is C21H21Cl2F2N3O5.